The highest BCUT2D eigenvalue weighted by Gasteiger charge is 2.30. The second-order valence-electron chi connectivity index (χ2n) is 5.70. The van der Waals surface area contributed by atoms with E-state index < -0.39 is 12.6 Å². The van der Waals surface area contributed by atoms with Crippen LogP contribution in [0.15, 0.2) is 35.8 Å². The van der Waals surface area contributed by atoms with E-state index in [4.69, 9.17) is 0 Å². The zero-order chi connectivity index (χ0) is 16.6. The van der Waals surface area contributed by atoms with Gasteiger partial charge in [-0.15, -0.1) is 11.3 Å². The lowest BCUT2D eigenvalue weighted by atomic mass is 10.0. The summed E-state index contributed by atoms with van der Waals surface area (Å²) in [6.45, 7) is 4.03. The van der Waals surface area contributed by atoms with Crippen LogP contribution in [0.4, 0.5) is 13.2 Å². The molecule has 0 saturated carbocycles. The van der Waals surface area contributed by atoms with Crippen LogP contribution in [-0.2, 0) is 6.42 Å². The van der Waals surface area contributed by atoms with E-state index in [1.165, 1.54) is 17.5 Å². The van der Waals surface area contributed by atoms with Gasteiger partial charge < -0.3 is 0 Å². The van der Waals surface area contributed by atoms with E-state index in [-0.39, 0.29) is 11.5 Å². The van der Waals surface area contributed by atoms with E-state index in [1.807, 2.05) is 31.4 Å². The maximum atomic E-state index is 12.9. The normalized spacial score (nSPS) is 12.3. The molecule has 2 aromatic heterocycles. The van der Waals surface area contributed by atoms with Crippen LogP contribution < -0.4 is 0 Å². The maximum Gasteiger partial charge on any atom is 0.393 e. The van der Waals surface area contributed by atoms with E-state index in [9.17, 15) is 13.2 Å². The number of alkyl halides is 3. The predicted octanol–water partition coefficient (Wildman–Crippen LogP) is 5.59. The predicted molar refractivity (Wildman–Crippen MR) is 86.7 cm³/mol. The lowest BCUT2D eigenvalue weighted by Crippen LogP contribution is -2.13. The molecule has 0 unspecified atom stereocenters. The summed E-state index contributed by atoms with van der Waals surface area (Å²) in [4.78, 5) is 8.71. The Labute approximate surface area is 136 Å². The first-order valence-corrected chi connectivity index (χ1v) is 8.12. The minimum absolute atomic E-state index is 0.167. The van der Waals surface area contributed by atoms with Gasteiger partial charge in [0, 0.05) is 22.5 Å². The van der Waals surface area contributed by atoms with E-state index in [1.54, 1.807) is 12.1 Å². The molecule has 0 amide bonds. The summed E-state index contributed by atoms with van der Waals surface area (Å²) in [5.74, 6) is 0.235. The number of thiazole rings is 1. The Morgan fingerprint density at radius 2 is 1.91 bits per heavy atom. The van der Waals surface area contributed by atoms with Crippen molar-refractivity contribution in [2.75, 3.05) is 0 Å². The number of benzene rings is 1. The Bertz CT molecular complexity index is 837. The van der Waals surface area contributed by atoms with Gasteiger partial charge in [0.1, 0.15) is 5.01 Å². The van der Waals surface area contributed by atoms with Gasteiger partial charge in [0.15, 0.2) is 0 Å². The van der Waals surface area contributed by atoms with Crippen LogP contribution in [0.2, 0.25) is 0 Å². The first-order chi connectivity index (χ1) is 10.8. The number of aromatic nitrogens is 2. The van der Waals surface area contributed by atoms with Crippen molar-refractivity contribution in [3.05, 3.63) is 47.1 Å². The number of fused-ring (bicyclic) bond motifs is 1. The molecule has 2 nitrogen and oxygen atoms in total. The fraction of sp³-hybridized carbons (Fsp3) is 0.294. The van der Waals surface area contributed by atoms with Crippen molar-refractivity contribution in [1.82, 2.24) is 9.97 Å². The van der Waals surface area contributed by atoms with Gasteiger partial charge in [-0.25, -0.2) is 4.98 Å². The number of hydrogen-bond donors (Lipinski definition) is 0. The first kappa shape index (κ1) is 15.9. The summed E-state index contributed by atoms with van der Waals surface area (Å²) in [7, 11) is 0. The molecule has 2 heterocycles. The zero-order valence-electron chi connectivity index (χ0n) is 12.7. The molecule has 0 spiro atoms. The first-order valence-electron chi connectivity index (χ1n) is 7.24. The smallest absolute Gasteiger partial charge is 0.256 e. The largest absolute Gasteiger partial charge is 0.393 e. The van der Waals surface area contributed by atoms with Crippen molar-refractivity contribution in [1.29, 1.82) is 0 Å². The topological polar surface area (TPSA) is 25.8 Å². The van der Waals surface area contributed by atoms with Gasteiger partial charge >= 0.3 is 6.18 Å². The quantitative estimate of drug-likeness (QED) is 0.623. The van der Waals surface area contributed by atoms with Crippen molar-refractivity contribution < 1.29 is 13.2 Å². The SMILES string of the molecule is CC(C)c1csc(-c2c(CC(F)(F)F)cnc3ccccc23)n1. The summed E-state index contributed by atoms with van der Waals surface area (Å²) in [5, 5.41) is 3.23. The Kier molecular flexibility index (Phi) is 4.10. The van der Waals surface area contributed by atoms with Gasteiger partial charge in [-0.05, 0) is 17.5 Å². The van der Waals surface area contributed by atoms with Crippen LogP contribution in [0.25, 0.3) is 21.5 Å². The Hall–Kier alpha value is -1.95. The average molecular weight is 336 g/mol. The maximum absolute atomic E-state index is 12.9. The molecule has 3 rings (SSSR count). The second kappa shape index (κ2) is 5.92. The summed E-state index contributed by atoms with van der Waals surface area (Å²) in [6, 6.07) is 7.23. The molecule has 0 aliphatic heterocycles. The molecule has 0 radical (unpaired) electrons. The highest BCUT2D eigenvalue weighted by molar-refractivity contribution is 7.13. The molecular weight excluding hydrogens is 321 g/mol. The van der Waals surface area contributed by atoms with Crippen LogP contribution in [-0.4, -0.2) is 16.1 Å². The average Bonchev–Trinajstić information content (AvgIpc) is 2.95. The number of halogens is 3. The summed E-state index contributed by atoms with van der Waals surface area (Å²) >= 11 is 1.38. The number of pyridine rings is 1. The zero-order valence-corrected chi connectivity index (χ0v) is 13.5. The third-order valence-corrected chi connectivity index (χ3v) is 4.45. The third-order valence-electron chi connectivity index (χ3n) is 3.57. The minimum atomic E-state index is -4.28. The Balaban J connectivity index is 2.23. The molecule has 0 aliphatic rings. The third kappa shape index (κ3) is 3.37. The van der Waals surface area contributed by atoms with Crippen molar-refractivity contribution in [2.45, 2.75) is 32.4 Å². The summed E-state index contributed by atoms with van der Waals surface area (Å²) < 4.78 is 38.8. The van der Waals surface area contributed by atoms with Gasteiger partial charge in [0.25, 0.3) is 0 Å². The standard InChI is InChI=1S/C17H15F3N2S/c1-10(2)14-9-23-16(22-14)15-11(7-17(18,19)20)8-21-13-6-4-3-5-12(13)15/h3-6,8-10H,7H2,1-2H3. The summed E-state index contributed by atoms with van der Waals surface area (Å²) in [5.41, 5.74) is 2.28. The van der Waals surface area contributed by atoms with Crippen LogP contribution in [0.3, 0.4) is 0 Å². The monoisotopic (exact) mass is 336 g/mol. The van der Waals surface area contributed by atoms with Crippen LogP contribution in [0.5, 0.6) is 0 Å². The molecule has 0 aliphatic carbocycles. The number of para-hydroxylation sites is 1. The second-order valence-corrected chi connectivity index (χ2v) is 6.56. The molecule has 0 fully saturated rings. The molecular formula is C17H15F3N2S. The highest BCUT2D eigenvalue weighted by atomic mass is 32.1. The molecule has 6 heteroatoms. The van der Waals surface area contributed by atoms with Gasteiger partial charge in [-0.1, -0.05) is 32.0 Å². The van der Waals surface area contributed by atoms with Crippen LogP contribution >= 0.6 is 11.3 Å². The molecule has 0 atom stereocenters. The minimum Gasteiger partial charge on any atom is -0.256 e. The van der Waals surface area contributed by atoms with E-state index in [2.05, 4.69) is 9.97 Å². The van der Waals surface area contributed by atoms with E-state index in [0.717, 1.165) is 5.69 Å². The fourth-order valence-corrected chi connectivity index (χ4v) is 3.53. The van der Waals surface area contributed by atoms with Crippen LogP contribution in [0.1, 0.15) is 31.0 Å². The molecule has 3 aromatic rings. The molecule has 23 heavy (non-hydrogen) atoms. The Morgan fingerprint density at radius 1 is 1.17 bits per heavy atom. The summed E-state index contributed by atoms with van der Waals surface area (Å²) in [6.07, 6.45) is -3.96. The fourth-order valence-electron chi connectivity index (χ4n) is 2.45. The van der Waals surface area contributed by atoms with E-state index in [0.29, 0.717) is 21.5 Å². The van der Waals surface area contributed by atoms with Crippen molar-refractivity contribution >= 4 is 22.2 Å². The van der Waals surface area contributed by atoms with E-state index >= 15 is 0 Å². The number of hydrogen-bond acceptors (Lipinski definition) is 3. The molecule has 0 saturated heterocycles. The number of nitrogens with zero attached hydrogens (tertiary/aromatic N) is 2. The van der Waals surface area contributed by atoms with Crippen molar-refractivity contribution in [3.8, 4) is 10.6 Å². The lowest BCUT2D eigenvalue weighted by Gasteiger charge is -2.12. The van der Waals surface area contributed by atoms with Gasteiger partial charge in [0.2, 0.25) is 0 Å². The lowest BCUT2D eigenvalue weighted by molar-refractivity contribution is -0.127. The van der Waals surface area contributed by atoms with Crippen molar-refractivity contribution in [2.24, 2.45) is 0 Å². The number of rotatable bonds is 3. The highest BCUT2D eigenvalue weighted by Crippen LogP contribution is 2.36. The Morgan fingerprint density at radius 3 is 2.57 bits per heavy atom. The molecule has 120 valence electrons. The van der Waals surface area contributed by atoms with Crippen molar-refractivity contribution in [3.63, 3.8) is 0 Å². The molecule has 1 aromatic carbocycles. The molecule has 0 N–H and O–H groups in total. The van der Waals surface area contributed by atoms with Crippen LogP contribution in [0, 0.1) is 0 Å². The molecule has 0 bridgehead atoms. The van der Waals surface area contributed by atoms with Gasteiger partial charge in [0.05, 0.1) is 17.6 Å². The van der Waals surface area contributed by atoms with Gasteiger partial charge in [-0.2, -0.15) is 13.2 Å². The van der Waals surface area contributed by atoms with Gasteiger partial charge in [-0.3, -0.25) is 4.98 Å².